The van der Waals surface area contributed by atoms with Crippen molar-refractivity contribution in [2.75, 3.05) is 0 Å². The zero-order valence-corrected chi connectivity index (χ0v) is 10.2. The van der Waals surface area contributed by atoms with E-state index >= 15 is 0 Å². The number of carboxylic acids is 1. The van der Waals surface area contributed by atoms with Crippen molar-refractivity contribution in [1.82, 2.24) is 9.55 Å². The summed E-state index contributed by atoms with van der Waals surface area (Å²) in [6.07, 6.45) is 2.72. The first-order valence-electron chi connectivity index (χ1n) is 5.15. The molecule has 98 valence electrons. The van der Waals surface area contributed by atoms with Crippen LogP contribution in [-0.4, -0.2) is 25.6 Å². The number of non-ortho nitro benzene ring substituents is 1. The summed E-state index contributed by atoms with van der Waals surface area (Å²) in [5.41, 5.74) is 0.477. The van der Waals surface area contributed by atoms with Gasteiger partial charge in [0.05, 0.1) is 16.3 Å². The summed E-state index contributed by atoms with van der Waals surface area (Å²) in [6.45, 7) is 0.289. The average molecular weight is 282 g/mol. The van der Waals surface area contributed by atoms with E-state index in [1.54, 1.807) is 0 Å². The Labute approximate surface area is 112 Å². The molecule has 19 heavy (non-hydrogen) atoms. The largest absolute Gasteiger partial charge is 0.476 e. The summed E-state index contributed by atoms with van der Waals surface area (Å²) in [4.78, 5) is 24.4. The van der Waals surface area contributed by atoms with Gasteiger partial charge in [-0.05, 0) is 11.6 Å². The van der Waals surface area contributed by atoms with Crippen LogP contribution in [0.3, 0.4) is 0 Å². The summed E-state index contributed by atoms with van der Waals surface area (Å²) in [5, 5.41) is 19.6. The van der Waals surface area contributed by atoms with Gasteiger partial charge >= 0.3 is 5.97 Å². The van der Waals surface area contributed by atoms with Crippen molar-refractivity contribution in [2.24, 2.45) is 0 Å². The molecule has 0 saturated carbocycles. The highest BCUT2D eigenvalue weighted by Crippen LogP contribution is 2.23. The minimum absolute atomic E-state index is 0.0713. The second-order valence-corrected chi connectivity index (χ2v) is 4.18. The Morgan fingerprint density at radius 2 is 2.26 bits per heavy atom. The summed E-state index contributed by atoms with van der Waals surface area (Å²) >= 11 is 5.94. The monoisotopic (exact) mass is 281 g/mol. The number of rotatable bonds is 4. The predicted molar refractivity (Wildman–Crippen MR) is 66.4 cm³/mol. The number of halogens is 1. The normalized spacial score (nSPS) is 10.4. The third-order valence-electron chi connectivity index (χ3n) is 2.45. The number of nitro benzene ring substituents is 1. The van der Waals surface area contributed by atoms with Crippen molar-refractivity contribution in [3.63, 3.8) is 0 Å². The Balaban J connectivity index is 2.23. The molecule has 8 heteroatoms. The Bertz CT molecular complexity index is 653. The van der Waals surface area contributed by atoms with Crippen LogP contribution in [-0.2, 0) is 6.54 Å². The maximum Gasteiger partial charge on any atom is 0.356 e. The zero-order chi connectivity index (χ0) is 14.0. The standard InChI is InChI=1S/C11H8ClN3O4/c12-9-3-8(15(18)19)2-1-7(9)4-14-5-10(11(16)17)13-6-14/h1-3,5-6H,4H2,(H,16,17). The fourth-order valence-corrected chi connectivity index (χ4v) is 1.77. The lowest BCUT2D eigenvalue weighted by atomic mass is 10.2. The lowest BCUT2D eigenvalue weighted by molar-refractivity contribution is -0.384. The summed E-state index contributed by atoms with van der Waals surface area (Å²) in [6, 6.07) is 4.13. The molecule has 0 spiro atoms. The highest BCUT2D eigenvalue weighted by molar-refractivity contribution is 6.31. The number of aromatic nitrogens is 2. The third kappa shape index (κ3) is 2.89. The van der Waals surface area contributed by atoms with Crippen LogP contribution in [0.4, 0.5) is 5.69 Å². The van der Waals surface area contributed by atoms with Crippen molar-refractivity contribution in [3.8, 4) is 0 Å². The quantitative estimate of drug-likeness (QED) is 0.684. The van der Waals surface area contributed by atoms with E-state index in [0.717, 1.165) is 0 Å². The van der Waals surface area contributed by atoms with Crippen LogP contribution < -0.4 is 0 Å². The Morgan fingerprint density at radius 1 is 1.53 bits per heavy atom. The lowest BCUT2D eigenvalue weighted by Crippen LogP contribution is -1.99. The molecule has 0 radical (unpaired) electrons. The van der Waals surface area contributed by atoms with E-state index in [2.05, 4.69) is 4.98 Å². The summed E-state index contributed by atoms with van der Waals surface area (Å²) in [7, 11) is 0. The molecule has 2 rings (SSSR count). The number of carboxylic acid groups (broad SMARTS) is 1. The molecule has 0 aliphatic carbocycles. The number of hydrogen-bond acceptors (Lipinski definition) is 4. The van der Waals surface area contributed by atoms with Crippen LogP contribution in [0, 0.1) is 10.1 Å². The average Bonchev–Trinajstić information content (AvgIpc) is 2.80. The molecule has 0 fully saturated rings. The van der Waals surface area contributed by atoms with E-state index in [0.29, 0.717) is 5.56 Å². The van der Waals surface area contributed by atoms with E-state index < -0.39 is 10.9 Å². The van der Waals surface area contributed by atoms with Crippen LogP contribution in [0.15, 0.2) is 30.7 Å². The highest BCUT2D eigenvalue weighted by atomic mass is 35.5. The van der Waals surface area contributed by atoms with Crippen LogP contribution in [0.1, 0.15) is 16.1 Å². The smallest absolute Gasteiger partial charge is 0.356 e. The predicted octanol–water partition coefficient (Wildman–Crippen LogP) is 2.19. The summed E-state index contributed by atoms with van der Waals surface area (Å²) < 4.78 is 1.54. The van der Waals surface area contributed by atoms with Gasteiger partial charge in [-0.1, -0.05) is 11.6 Å². The molecule has 0 aliphatic rings. The molecule has 1 heterocycles. The van der Waals surface area contributed by atoms with Crippen LogP contribution in [0.25, 0.3) is 0 Å². The number of carbonyl (C=O) groups is 1. The summed E-state index contributed by atoms with van der Waals surface area (Å²) in [5.74, 6) is -1.12. The van der Waals surface area contributed by atoms with Gasteiger partial charge in [-0.3, -0.25) is 10.1 Å². The Kier molecular flexibility index (Phi) is 3.48. The van der Waals surface area contributed by atoms with Gasteiger partial charge in [-0.15, -0.1) is 0 Å². The SMILES string of the molecule is O=C(O)c1cn(Cc2ccc([N+](=O)[O-])cc2Cl)cn1. The molecule has 1 aromatic carbocycles. The molecule has 0 bridgehead atoms. The van der Waals surface area contributed by atoms with Gasteiger partial charge in [0.25, 0.3) is 5.69 Å². The van der Waals surface area contributed by atoms with Gasteiger partial charge in [0, 0.05) is 24.9 Å². The molecule has 0 atom stereocenters. The molecule has 0 unspecified atom stereocenters. The second-order valence-electron chi connectivity index (χ2n) is 3.77. The van der Waals surface area contributed by atoms with Gasteiger partial charge in [0.15, 0.2) is 5.69 Å². The molecular weight excluding hydrogens is 274 g/mol. The van der Waals surface area contributed by atoms with E-state index in [4.69, 9.17) is 16.7 Å². The van der Waals surface area contributed by atoms with Crippen LogP contribution in [0.2, 0.25) is 5.02 Å². The minimum atomic E-state index is -1.12. The van der Waals surface area contributed by atoms with Crippen molar-refractivity contribution in [2.45, 2.75) is 6.54 Å². The van der Waals surface area contributed by atoms with E-state index in [9.17, 15) is 14.9 Å². The maximum atomic E-state index is 10.7. The molecule has 1 aromatic heterocycles. The van der Waals surface area contributed by atoms with E-state index in [-0.39, 0.29) is 22.9 Å². The van der Waals surface area contributed by atoms with Crippen molar-refractivity contribution >= 4 is 23.3 Å². The van der Waals surface area contributed by atoms with Gasteiger partial charge in [-0.25, -0.2) is 9.78 Å². The molecule has 0 aliphatic heterocycles. The molecular formula is C11H8ClN3O4. The molecule has 0 amide bonds. The molecule has 7 nitrogen and oxygen atoms in total. The number of nitrogens with zero attached hydrogens (tertiary/aromatic N) is 3. The number of hydrogen-bond donors (Lipinski definition) is 1. The molecule has 0 saturated heterocycles. The second kappa shape index (κ2) is 5.07. The third-order valence-corrected chi connectivity index (χ3v) is 2.80. The number of benzene rings is 1. The number of aromatic carboxylic acids is 1. The first kappa shape index (κ1) is 13.0. The van der Waals surface area contributed by atoms with Crippen molar-refractivity contribution in [3.05, 3.63) is 57.1 Å². The lowest BCUT2D eigenvalue weighted by Gasteiger charge is -2.04. The van der Waals surface area contributed by atoms with Gasteiger partial charge in [0.2, 0.25) is 0 Å². The molecule has 1 N–H and O–H groups in total. The first-order chi connectivity index (χ1) is 8.97. The van der Waals surface area contributed by atoms with Crippen LogP contribution in [0.5, 0.6) is 0 Å². The minimum Gasteiger partial charge on any atom is -0.476 e. The van der Waals surface area contributed by atoms with Gasteiger partial charge in [0.1, 0.15) is 0 Å². The highest BCUT2D eigenvalue weighted by Gasteiger charge is 2.11. The first-order valence-corrected chi connectivity index (χ1v) is 5.53. The zero-order valence-electron chi connectivity index (χ0n) is 9.49. The van der Waals surface area contributed by atoms with Gasteiger partial charge in [-0.2, -0.15) is 0 Å². The number of nitro groups is 1. The topological polar surface area (TPSA) is 98.3 Å². The molecule has 2 aromatic rings. The Hall–Kier alpha value is -2.41. The van der Waals surface area contributed by atoms with Crippen molar-refractivity contribution < 1.29 is 14.8 Å². The maximum absolute atomic E-state index is 10.7. The van der Waals surface area contributed by atoms with Crippen molar-refractivity contribution in [1.29, 1.82) is 0 Å². The van der Waals surface area contributed by atoms with Crippen LogP contribution >= 0.6 is 11.6 Å². The van der Waals surface area contributed by atoms with Gasteiger partial charge < -0.3 is 9.67 Å². The Morgan fingerprint density at radius 3 is 2.79 bits per heavy atom. The fourth-order valence-electron chi connectivity index (χ4n) is 1.53. The fraction of sp³-hybridized carbons (Fsp3) is 0.0909. The van der Waals surface area contributed by atoms with E-state index in [1.807, 2.05) is 0 Å². The van der Waals surface area contributed by atoms with E-state index in [1.165, 1.54) is 35.3 Å². The number of imidazole rings is 1.